The smallest absolute Gasteiger partial charge is 0.335 e. The van der Waals surface area contributed by atoms with E-state index in [1.165, 1.54) is 60.7 Å². The Balaban J connectivity index is 1.57. The Bertz CT molecular complexity index is 2160. The Morgan fingerprint density at radius 2 is 1.55 bits per heavy atom. The summed E-state index contributed by atoms with van der Waals surface area (Å²) in [7, 11) is 0. The van der Waals surface area contributed by atoms with E-state index in [0.29, 0.717) is 16.0 Å². The number of carbonyl (C=O) groups excluding carboxylic acids is 4. The fraction of sp³-hybridized carbons (Fsp3) is 0. The average molecular weight is 635 g/mol. The Morgan fingerprint density at radius 1 is 0.851 bits per heavy atom. The molecule has 0 spiro atoms. The molecule has 4 amide bonds. The SMILES string of the molecule is O=COc1cccc(-n2c(=O)[nH]c(O)c(C=CC(=CC=C3C(=O)NC(=O)N(c4cccc(C(=O)O)c4)C3=O)c3ccccc3)c2=O)c1. The zero-order chi connectivity index (χ0) is 33.7. The van der Waals surface area contributed by atoms with Crippen molar-refractivity contribution >= 4 is 47.6 Å². The molecule has 1 aliphatic heterocycles. The number of carboxylic acid groups (broad SMARTS) is 1. The first-order valence-electron chi connectivity index (χ1n) is 13.6. The fourth-order valence-electron chi connectivity index (χ4n) is 4.59. The minimum atomic E-state index is -1.29. The second-order valence-corrected chi connectivity index (χ2v) is 9.70. The van der Waals surface area contributed by atoms with E-state index < -0.39 is 46.5 Å². The molecular formula is C33H22N4O10. The number of rotatable bonds is 9. The molecule has 1 saturated heterocycles. The van der Waals surface area contributed by atoms with Gasteiger partial charge >= 0.3 is 17.7 Å². The normalized spacial score (nSPS) is 14.4. The molecule has 4 N–H and O–H groups in total. The number of barbiturate groups is 1. The molecule has 1 aliphatic rings. The summed E-state index contributed by atoms with van der Waals surface area (Å²) < 4.78 is 5.52. The number of anilines is 1. The van der Waals surface area contributed by atoms with Crippen LogP contribution in [0.4, 0.5) is 10.5 Å². The number of hydrogen-bond donors (Lipinski definition) is 4. The van der Waals surface area contributed by atoms with E-state index in [4.69, 9.17) is 4.74 Å². The highest BCUT2D eigenvalue weighted by atomic mass is 16.5. The van der Waals surface area contributed by atoms with E-state index in [0.717, 1.165) is 16.7 Å². The number of amides is 4. The predicted molar refractivity (Wildman–Crippen MR) is 167 cm³/mol. The summed E-state index contributed by atoms with van der Waals surface area (Å²) in [5, 5.41) is 21.9. The number of ether oxygens (including phenoxy) is 1. The van der Waals surface area contributed by atoms with Crippen molar-refractivity contribution in [3.63, 3.8) is 0 Å². The van der Waals surface area contributed by atoms with Crippen LogP contribution < -0.4 is 26.2 Å². The number of hydrogen-bond acceptors (Lipinski definition) is 9. The van der Waals surface area contributed by atoms with Crippen LogP contribution in [0.2, 0.25) is 0 Å². The van der Waals surface area contributed by atoms with Crippen LogP contribution >= 0.6 is 0 Å². The number of aromatic amines is 1. The lowest BCUT2D eigenvalue weighted by atomic mass is 10.0. The molecule has 5 rings (SSSR count). The minimum Gasteiger partial charge on any atom is -0.494 e. The summed E-state index contributed by atoms with van der Waals surface area (Å²) in [5.41, 5.74) is -2.02. The van der Waals surface area contributed by atoms with Gasteiger partial charge in [0.2, 0.25) is 5.88 Å². The van der Waals surface area contributed by atoms with Gasteiger partial charge in [-0.3, -0.25) is 29.5 Å². The van der Waals surface area contributed by atoms with E-state index >= 15 is 0 Å². The highest BCUT2D eigenvalue weighted by Crippen LogP contribution is 2.24. The number of imide groups is 2. The first kappa shape index (κ1) is 31.3. The van der Waals surface area contributed by atoms with Gasteiger partial charge in [0, 0.05) is 6.07 Å². The highest BCUT2D eigenvalue weighted by Gasteiger charge is 2.36. The molecule has 0 aliphatic carbocycles. The standard InChI is InChI=1S/C33H22N4O10/c38-18-47-24-11-5-10-23(17-24)37-30(42)26(28(40)35-33(37)46)15-13-20(19-6-2-1-3-7-19)12-14-25-27(39)34-32(45)36(29(25)41)22-9-4-8-21(16-22)31(43)44/h1-18,40H,(H,35,46)(H,43,44)(H,34,39,45). The van der Waals surface area contributed by atoms with Gasteiger partial charge in [0.25, 0.3) is 23.8 Å². The number of carboxylic acids is 1. The van der Waals surface area contributed by atoms with Crippen LogP contribution in [0, 0.1) is 0 Å². The van der Waals surface area contributed by atoms with Crippen LogP contribution in [0.3, 0.4) is 0 Å². The number of urea groups is 1. The monoisotopic (exact) mass is 634 g/mol. The molecule has 0 atom stereocenters. The molecule has 14 nitrogen and oxygen atoms in total. The van der Waals surface area contributed by atoms with Crippen LogP contribution in [-0.2, 0) is 14.4 Å². The van der Waals surface area contributed by atoms with Crippen LogP contribution in [0.5, 0.6) is 11.6 Å². The largest absolute Gasteiger partial charge is 0.494 e. The summed E-state index contributed by atoms with van der Waals surface area (Å²) in [5.74, 6) is -3.98. The van der Waals surface area contributed by atoms with Crippen LogP contribution in [0.1, 0.15) is 21.5 Å². The van der Waals surface area contributed by atoms with Gasteiger partial charge in [-0.25, -0.2) is 23.9 Å². The van der Waals surface area contributed by atoms with Crippen molar-refractivity contribution in [2.45, 2.75) is 0 Å². The Labute approximate surface area is 263 Å². The first-order valence-corrected chi connectivity index (χ1v) is 13.6. The predicted octanol–water partition coefficient (Wildman–Crippen LogP) is 2.77. The molecule has 1 fully saturated rings. The first-order chi connectivity index (χ1) is 22.6. The van der Waals surface area contributed by atoms with Gasteiger partial charge in [0.1, 0.15) is 16.9 Å². The molecule has 3 aromatic carbocycles. The van der Waals surface area contributed by atoms with Crippen LogP contribution in [0.15, 0.2) is 112 Å². The van der Waals surface area contributed by atoms with Gasteiger partial charge in [0.05, 0.1) is 16.9 Å². The third-order valence-corrected chi connectivity index (χ3v) is 6.80. The summed E-state index contributed by atoms with van der Waals surface area (Å²) >= 11 is 0. The lowest BCUT2D eigenvalue weighted by Gasteiger charge is -2.26. The van der Waals surface area contributed by atoms with Crippen LogP contribution in [-0.4, -0.2) is 50.1 Å². The molecule has 0 radical (unpaired) electrons. The zero-order valence-corrected chi connectivity index (χ0v) is 23.9. The van der Waals surface area contributed by atoms with Crippen molar-refractivity contribution in [1.82, 2.24) is 14.9 Å². The Morgan fingerprint density at radius 3 is 2.28 bits per heavy atom. The van der Waals surface area contributed by atoms with E-state index in [2.05, 4.69) is 10.3 Å². The van der Waals surface area contributed by atoms with Gasteiger partial charge in [-0.05, 0) is 53.6 Å². The van der Waals surface area contributed by atoms with E-state index in [1.807, 2.05) is 0 Å². The molecule has 1 aromatic heterocycles. The second kappa shape index (κ2) is 13.3. The maximum atomic E-state index is 13.4. The number of aromatic carboxylic acids is 1. The van der Waals surface area contributed by atoms with Crippen molar-refractivity contribution < 1.29 is 38.9 Å². The molecule has 14 heteroatoms. The third kappa shape index (κ3) is 6.56. The fourth-order valence-corrected chi connectivity index (χ4v) is 4.59. The summed E-state index contributed by atoms with van der Waals surface area (Å²) in [4.78, 5) is 89.7. The highest BCUT2D eigenvalue weighted by molar-refractivity contribution is 6.37. The molecule has 0 bridgehead atoms. The molecule has 0 unspecified atom stereocenters. The lowest BCUT2D eigenvalue weighted by molar-refractivity contribution is -0.123. The molecule has 0 saturated carbocycles. The minimum absolute atomic E-state index is 0.0450. The average Bonchev–Trinajstić information content (AvgIpc) is 3.04. The maximum Gasteiger partial charge on any atom is 0.335 e. The molecule has 2 heterocycles. The van der Waals surface area contributed by atoms with E-state index in [9.17, 15) is 43.8 Å². The number of benzene rings is 3. The quantitative estimate of drug-likeness (QED) is 0.0917. The third-order valence-electron chi connectivity index (χ3n) is 6.80. The summed E-state index contributed by atoms with van der Waals surface area (Å²) in [6.45, 7) is 0.181. The number of allylic oxidation sites excluding steroid dienone is 4. The number of carbonyl (C=O) groups is 5. The second-order valence-electron chi connectivity index (χ2n) is 9.70. The molecule has 234 valence electrons. The Hall–Kier alpha value is -7.09. The van der Waals surface area contributed by atoms with E-state index in [-0.39, 0.29) is 34.7 Å². The van der Waals surface area contributed by atoms with Crippen molar-refractivity contribution in [1.29, 1.82) is 0 Å². The van der Waals surface area contributed by atoms with Crippen molar-refractivity contribution in [2.24, 2.45) is 0 Å². The van der Waals surface area contributed by atoms with Gasteiger partial charge in [-0.2, -0.15) is 0 Å². The van der Waals surface area contributed by atoms with Crippen LogP contribution in [0.25, 0.3) is 17.3 Å². The molecule has 47 heavy (non-hydrogen) atoms. The maximum absolute atomic E-state index is 13.4. The number of nitrogens with one attached hydrogen (secondary N) is 2. The Kier molecular flexibility index (Phi) is 8.85. The number of aromatic nitrogens is 2. The number of aromatic hydroxyl groups is 1. The summed E-state index contributed by atoms with van der Waals surface area (Å²) in [6, 6.07) is 18.1. The van der Waals surface area contributed by atoms with E-state index in [1.54, 1.807) is 30.3 Å². The van der Waals surface area contributed by atoms with Gasteiger partial charge in [0.15, 0.2) is 0 Å². The van der Waals surface area contributed by atoms with Gasteiger partial charge < -0.3 is 14.9 Å². The number of H-pyrrole nitrogens is 1. The summed E-state index contributed by atoms with van der Waals surface area (Å²) in [6.07, 6.45) is 5.11. The zero-order valence-electron chi connectivity index (χ0n) is 23.9. The van der Waals surface area contributed by atoms with Crippen molar-refractivity contribution in [3.8, 4) is 17.3 Å². The molecular weight excluding hydrogens is 612 g/mol. The van der Waals surface area contributed by atoms with Crippen molar-refractivity contribution in [2.75, 3.05) is 4.90 Å². The topological polar surface area (TPSA) is 205 Å². The van der Waals surface area contributed by atoms with Gasteiger partial charge in [-0.1, -0.05) is 54.6 Å². The number of nitrogens with zero attached hydrogens (tertiary/aromatic N) is 2. The lowest BCUT2D eigenvalue weighted by Crippen LogP contribution is -2.54. The van der Waals surface area contributed by atoms with Gasteiger partial charge in [-0.15, -0.1) is 0 Å². The molecule has 4 aromatic rings. The van der Waals surface area contributed by atoms with Crippen molar-refractivity contribution in [3.05, 3.63) is 140 Å².